The summed E-state index contributed by atoms with van der Waals surface area (Å²) in [5.41, 5.74) is 6.73. The Morgan fingerprint density at radius 2 is 2.12 bits per heavy atom. The van der Waals surface area contributed by atoms with Crippen LogP contribution in [0.15, 0.2) is 41.6 Å². The first-order chi connectivity index (χ1) is 7.68. The van der Waals surface area contributed by atoms with Crippen LogP contribution in [-0.4, -0.2) is 15.9 Å². The summed E-state index contributed by atoms with van der Waals surface area (Å²) < 4.78 is 0. The van der Waals surface area contributed by atoms with Gasteiger partial charge in [0.05, 0.1) is 5.56 Å². The standard InChI is InChI=1S/C11H9N3O2/c12-11(16)9-6-13-4-3-8(9)7-1-2-10(15)14-5-7/h1-6H,(H2,12,16)(H,14,15). The van der Waals surface area contributed by atoms with Crippen LogP contribution < -0.4 is 11.3 Å². The molecule has 0 bridgehead atoms. The Hall–Kier alpha value is -2.43. The predicted molar refractivity (Wildman–Crippen MR) is 58.8 cm³/mol. The monoisotopic (exact) mass is 215 g/mol. The summed E-state index contributed by atoms with van der Waals surface area (Å²) >= 11 is 0. The third-order valence-corrected chi connectivity index (χ3v) is 2.18. The molecule has 16 heavy (non-hydrogen) atoms. The highest BCUT2D eigenvalue weighted by Gasteiger charge is 2.09. The summed E-state index contributed by atoms with van der Waals surface area (Å²) in [6, 6.07) is 4.69. The van der Waals surface area contributed by atoms with E-state index in [2.05, 4.69) is 9.97 Å². The quantitative estimate of drug-likeness (QED) is 0.766. The molecule has 5 nitrogen and oxygen atoms in total. The van der Waals surface area contributed by atoms with Crippen molar-refractivity contribution in [2.45, 2.75) is 0 Å². The van der Waals surface area contributed by atoms with Gasteiger partial charge in [-0.25, -0.2) is 0 Å². The number of hydrogen-bond donors (Lipinski definition) is 2. The Morgan fingerprint density at radius 1 is 1.31 bits per heavy atom. The van der Waals surface area contributed by atoms with Crippen molar-refractivity contribution in [1.82, 2.24) is 9.97 Å². The molecule has 0 fully saturated rings. The van der Waals surface area contributed by atoms with E-state index in [1.807, 2.05) is 0 Å². The number of amides is 1. The second-order valence-corrected chi connectivity index (χ2v) is 3.23. The van der Waals surface area contributed by atoms with Gasteiger partial charge in [0, 0.05) is 24.7 Å². The van der Waals surface area contributed by atoms with E-state index < -0.39 is 5.91 Å². The van der Waals surface area contributed by atoms with Crippen molar-refractivity contribution < 1.29 is 4.79 Å². The maximum Gasteiger partial charge on any atom is 0.250 e. The molecule has 5 heteroatoms. The Bertz CT molecular complexity index is 569. The van der Waals surface area contributed by atoms with Gasteiger partial charge in [0.2, 0.25) is 5.56 Å². The van der Waals surface area contributed by atoms with Crippen LogP contribution in [0, 0.1) is 0 Å². The summed E-state index contributed by atoms with van der Waals surface area (Å²) in [6.45, 7) is 0. The van der Waals surface area contributed by atoms with Crippen LogP contribution in [0.25, 0.3) is 11.1 Å². The number of carbonyl (C=O) groups excluding carboxylic acids is 1. The Labute approximate surface area is 91.0 Å². The summed E-state index contributed by atoms with van der Waals surface area (Å²) in [5, 5.41) is 0. The minimum Gasteiger partial charge on any atom is -0.366 e. The Kier molecular flexibility index (Phi) is 2.51. The summed E-state index contributed by atoms with van der Waals surface area (Å²) in [7, 11) is 0. The number of primary amides is 1. The van der Waals surface area contributed by atoms with Gasteiger partial charge in [0.15, 0.2) is 0 Å². The molecule has 0 saturated carbocycles. The molecule has 0 aliphatic heterocycles. The number of nitrogens with two attached hydrogens (primary N) is 1. The smallest absolute Gasteiger partial charge is 0.250 e. The third-order valence-electron chi connectivity index (χ3n) is 2.18. The highest BCUT2D eigenvalue weighted by molar-refractivity contribution is 5.99. The van der Waals surface area contributed by atoms with Crippen molar-refractivity contribution in [3.8, 4) is 11.1 Å². The molecular weight excluding hydrogens is 206 g/mol. The van der Waals surface area contributed by atoms with Gasteiger partial charge >= 0.3 is 0 Å². The molecular formula is C11H9N3O2. The van der Waals surface area contributed by atoms with E-state index >= 15 is 0 Å². The molecule has 2 heterocycles. The van der Waals surface area contributed by atoms with Gasteiger partial charge < -0.3 is 10.7 Å². The van der Waals surface area contributed by atoms with Crippen LogP contribution in [0.5, 0.6) is 0 Å². The molecule has 0 unspecified atom stereocenters. The number of pyridine rings is 2. The number of nitrogens with zero attached hydrogens (tertiary/aromatic N) is 1. The molecule has 0 aliphatic rings. The lowest BCUT2D eigenvalue weighted by Crippen LogP contribution is -2.13. The zero-order chi connectivity index (χ0) is 11.5. The summed E-state index contributed by atoms with van der Waals surface area (Å²) in [4.78, 5) is 28.5. The summed E-state index contributed by atoms with van der Waals surface area (Å²) in [6.07, 6.45) is 4.50. The molecule has 80 valence electrons. The van der Waals surface area contributed by atoms with Crippen LogP contribution >= 0.6 is 0 Å². The number of H-pyrrole nitrogens is 1. The number of carbonyl (C=O) groups is 1. The first-order valence-electron chi connectivity index (χ1n) is 4.61. The van der Waals surface area contributed by atoms with Crippen molar-refractivity contribution in [2.75, 3.05) is 0 Å². The molecule has 2 rings (SSSR count). The van der Waals surface area contributed by atoms with Crippen molar-refractivity contribution >= 4 is 5.91 Å². The van der Waals surface area contributed by atoms with Crippen molar-refractivity contribution in [1.29, 1.82) is 0 Å². The van der Waals surface area contributed by atoms with Crippen molar-refractivity contribution in [3.63, 3.8) is 0 Å². The lowest BCUT2D eigenvalue weighted by molar-refractivity contribution is 0.100. The molecule has 0 saturated heterocycles. The minimum absolute atomic E-state index is 0.196. The van der Waals surface area contributed by atoms with E-state index in [1.54, 1.807) is 18.3 Å². The molecule has 2 aromatic heterocycles. The number of rotatable bonds is 2. The van der Waals surface area contributed by atoms with Crippen LogP contribution in [-0.2, 0) is 0 Å². The van der Waals surface area contributed by atoms with E-state index in [-0.39, 0.29) is 5.56 Å². The van der Waals surface area contributed by atoms with Gasteiger partial charge in [0.25, 0.3) is 5.91 Å². The molecule has 0 aromatic carbocycles. The molecule has 2 aromatic rings. The van der Waals surface area contributed by atoms with Crippen LogP contribution in [0.4, 0.5) is 0 Å². The number of hydrogen-bond acceptors (Lipinski definition) is 3. The third kappa shape index (κ3) is 1.83. The molecule has 0 atom stereocenters. The van der Waals surface area contributed by atoms with Gasteiger partial charge in [-0.05, 0) is 23.3 Å². The maximum absolute atomic E-state index is 11.2. The SMILES string of the molecule is NC(=O)c1cnccc1-c1ccc(=O)[nH]c1. The van der Waals surface area contributed by atoms with Crippen molar-refractivity contribution in [3.05, 3.63) is 52.7 Å². The highest BCUT2D eigenvalue weighted by Crippen LogP contribution is 2.20. The topological polar surface area (TPSA) is 88.8 Å². The Morgan fingerprint density at radius 3 is 2.75 bits per heavy atom. The zero-order valence-electron chi connectivity index (χ0n) is 8.31. The fourth-order valence-corrected chi connectivity index (χ4v) is 1.42. The maximum atomic E-state index is 11.2. The first kappa shape index (κ1) is 10.1. The molecule has 0 aliphatic carbocycles. The second-order valence-electron chi connectivity index (χ2n) is 3.23. The van der Waals surface area contributed by atoms with Crippen molar-refractivity contribution in [2.24, 2.45) is 5.73 Å². The number of nitrogens with one attached hydrogen (secondary N) is 1. The van der Waals surface area contributed by atoms with E-state index in [1.165, 1.54) is 18.5 Å². The molecule has 1 amide bonds. The van der Waals surface area contributed by atoms with Gasteiger partial charge in [-0.3, -0.25) is 14.6 Å². The summed E-state index contributed by atoms with van der Waals surface area (Å²) in [5.74, 6) is -0.547. The largest absolute Gasteiger partial charge is 0.366 e. The fraction of sp³-hybridized carbons (Fsp3) is 0. The number of aromatic nitrogens is 2. The van der Waals surface area contributed by atoms with Gasteiger partial charge in [-0.15, -0.1) is 0 Å². The average molecular weight is 215 g/mol. The molecule has 3 N–H and O–H groups in total. The average Bonchev–Trinajstić information content (AvgIpc) is 2.30. The van der Waals surface area contributed by atoms with Crippen LogP contribution in [0.2, 0.25) is 0 Å². The van der Waals surface area contributed by atoms with E-state index in [4.69, 9.17) is 5.73 Å². The van der Waals surface area contributed by atoms with E-state index in [0.29, 0.717) is 11.1 Å². The van der Waals surface area contributed by atoms with Crippen LogP contribution in [0.1, 0.15) is 10.4 Å². The first-order valence-corrected chi connectivity index (χ1v) is 4.61. The van der Waals surface area contributed by atoms with Gasteiger partial charge in [-0.2, -0.15) is 0 Å². The van der Waals surface area contributed by atoms with Gasteiger partial charge in [0.1, 0.15) is 0 Å². The predicted octanol–water partition coefficient (Wildman–Crippen LogP) is 0.536. The number of aromatic amines is 1. The van der Waals surface area contributed by atoms with Crippen LogP contribution in [0.3, 0.4) is 0 Å². The van der Waals surface area contributed by atoms with E-state index in [0.717, 1.165) is 5.56 Å². The normalized spacial score (nSPS) is 10.0. The lowest BCUT2D eigenvalue weighted by Gasteiger charge is -2.04. The zero-order valence-corrected chi connectivity index (χ0v) is 8.31. The molecule has 0 spiro atoms. The second kappa shape index (κ2) is 3.98. The van der Waals surface area contributed by atoms with Gasteiger partial charge in [-0.1, -0.05) is 0 Å². The Balaban J connectivity index is 2.59. The lowest BCUT2D eigenvalue weighted by atomic mass is 10.0. The minimum atomic E-state index is -0.547. The molecule has 0 radical (unpaired) electrons. The van der Waals surface area contributed by atoms with E-state index in [9.17, 15) is 9.59 Å². The fourth-order valence-electron chi connectivity index (χ4n) is 1.42. The highest BCUT2D eigenvalue weighted by atomic mass is 16.1.